The summed E-state index contributed by atoms with van der Waals surface area (Å²) in [6.07, 6.45) is -4.59. The zero-order valence-electron chi connectivity index (χ0n) is 19.1. The second-order valence-electron chi connectivity index (χ2n) is 10.6. The van der Waals surface area contributed by atoms with Crippen molar-refractivity contribution in [1.82, 2.24) is 0 Å². The van der Waals surface area contributed by atoms with Crippen LogP contribution in [0.5, 0.6) is 0 Å². The van der Waals surface area contributed by atoms with Gasteiger partial charge in [0.2, 0.25) is 11.8 Å². The van der Waals surface area contributed by atoms with Crippen LogP contribution < -0.4 is 9.80 Å². The van der Waals surface area contributed by atoms with Crippen LogP contribution in [0.3, 0.4) is 0 Å². The lowest BCUT2D eigenvalue weighted by molar-refractivity contribution is -0.137. The van der Waals surface area contributed by atoms with E-state index in [9.17, 15) is 22.8 Å². The first kappa shape index (κ1) is 22.4. The maximum absolute atomic E-state index is 13.7. The summed E-state index contributed by atoms with van der Waals surface area (Å²) in [4.78, 5) is 26.7. The molecule has 0 aromatic heterocycles. The molecule has 2 fully saturated rings. The summed E-state index contributed by atoms with van der Waals surface area (Å²) < 4.78 is 41.0. The highest BCUT2D eigenvalue weighted by Gasteiger charge is 2.42. The fraction of sp³-hybridized carbons (Fsp3) is 0.440. The van der Waals surface area contributed by atoms with Crippen molar-refractivity contribution in [3.05, 3.63) is 47.0 Å². The molecule has 4 nitrogen and oxygen atoms in total. The molecule has 0 bridgehead atoms. The van der Waals surface area contributed by atoms with E-state index < -0.39 is 11.7 Å². The Kier molecular flexibility index (Phi) is 4.78. The molecule has 0 unspecified atom stereocenters. The first-order valence-electron chi connectivity index (χ1n) is 10.6. The fourth-order valence-electron chi connectivity index (χ4n) is 3.77. The molecule has 32 heavy (non-hydrogen) atoms. The number of halogens is 3. The number of anilines is 2. The van der Waals surface area contributed by atoms with E-state index in [1.165, 1.54) is 9.80 Å². The van der Waals surface area contributed by atoms with Gasteiger partial charge in [-0.15, -0.1) is 0 Å². The van der Waals surface area contributed by atoms with Gasteiger partial charge in [0.25, 0.3) is 0 Å². The van der Waals surface area contributed by atoms with E-state index in [2.05, 4.69) is 47.6 Å². The molecule has 4 rings (SSSR count). The summed E-state index contributed by atoms with van der Waals surface area (Å²) in [6.45, 7) is 12.6. The van der Waals surface area contributed by atoms with Crippen molar-refractivity contribution in [1.29, 1.82) is 0 Å². The minimum atomic E-state index is -4.59. The molecule has 170 valence electrons. The molecule has 2 aliphatic rings. The van der Waals surface area contributed by atoms with Gasteiger partial charge in [-0.2, -0.15) is 13.2 Å². The van der Waals surface area contributed by atoms with Crippen LogP contribution >= 0.6 is 0 Å². The molecule has 2 aliphatic heterocycles. The molecule has 0 spiro atoms. The molecule has 0 atom stereocenters. The number of hydrogen-bond acceptors (Lipinski definition) is 2. The normalized spacial score (nSPS) is 16.7. The molecule has 0 radical (unpaired) electrons. The minimum absolute atomic E-state index is 0.0623. The molecule has 2 heterocycles. The molecule has 2 aromatic carbocycles. The Hall–Kier alpha value is -2.83. The molecule has 2 aromatic rings. The van der Waals surface area contributed by atoms with E-state index in [4.69, 9.17) is 0 Å². The van der Waals surface area contributed by atoms with Crippen molar-refractivity contribution in [3.63, 3.8) is 0 Å². The van der Waals surface area contributed by atoms with Crippen LogP contribution in [0.15, 0.2) is 30.3 Å². The third kappa shape index (κ3) is 4.12. The van der Waals surface area contributed by atoms with Gasteiger partial charge in [0.05, 0.1) is 16.9 Å². The standard InChI is InChI=1S/C25H27F3N2O2/c1-23(2,3)15-7-14(8-16(9-15)24(4,5)6)22-18(29-12-20(29)31)10-17(25(26,27)28)11-19(22)30-13-21(30)32/h7-11H,12-13H2,1-6H3. The number of nitrogens with zero attached hydrogens (tertiary/aromatic N) is 2. The first-order valence-corrected chi connectivity index (χ1v) is 10.6. The highest BCUT2D eigenvalue weighted by atomic mass is 19.4. The molecular formula is C25H27F3N2O2. The Morgan fingerprint density at radius 3 is 1.31 bits per heavy atom. The lowest BCUT2D eigenvalue weighted by Gasteiger charge is -2.27. The number of carbonyl (C=O) groups excluding carboxylic acids is 2. The maximum Gasteiger partial charge on any atom is 0.416 e. The molecule has 0 aliphatic carbocycles. The fourth-order valence-corrected chi connectivity index (χ4v) is 3.77. The van der Waals surface area contributed by atoms with Crippen LogP contribution in [0, 0.1) is 0 Å². The zero-order chi connectivity index (χ0) is 23.8. The molecule has 2 amide bonds. The van der Waals surface area contributed by atoms with E-state index in [0.717, 1.165) is 23.3 Å². The number of alkyl halides is 3. The van der Waals surface area contributed by atoms with Crippen LogP contribution in [0.25, 0.3) is 11.1 Å². The van der Waals surface area contributed by atoms with E-state index in [0.29, 0.717) is 11.1 Å². The second-order valence-corrected chi connectivity index (χ2v) is 10.6. The molecule has 7 heteroatoms. The van der Waals surface area contributed by atoms with E-state index >= 15 is 0 Å². The quantitative estimate of drug-likeness (QED) is 0.573. The average Bonchev–Trinajstić information content (AvgIpc) is 3.56. The van der Waals surface area contributed by atoms with E-state index in [-0.39, 0.29) is 47.1 Å². The van der Waals surface area contributed by atoms with Crippen molar-refractivity contribution in [2.45, 2.75) is 58.5 Å². The van der Waals surface area contributed by atoms with Gasteiger partial charge < -0.3 is 9.80 Å². The maximum atomic E-state index is 13.7. The van der Waals surface area contributed by atoms with Crippen LogP contribution in [-0.2, 0) is 26.6 Å². The van der Waals surface area contributed by atoms with Gasteiger partial charge in [-0.3, -0.25) is 9.59 Å². The predicted molar refractivity (Wildman–Crippen MR) is 119 cm³/mol. The summed E-state index contributed by atoms with van der Waals surface area (Å²) in [5, 5.41) is 0. The molecule has 0 saturated carbocycles. The van der Waals surface area contributed by atoms with Crippen LogP contribution in [-0.4, -0.2) is 24.9 Å². The van der Waals surface area contributed by atoms with Gasteiger partial charge in [0, 0.05) is 5.56 Å². The Labute approximate surface area is 186 Å². The number of hydrogen-bond donors (Lipinski definition) is 0. The highest BCUT2D eigenvalue weighted by molar-refractivity contribution is 6.19. The van der Waals surface area contributed by atoms with Gasteiger partial charge in [0.1, 0.15) is 13.1 Å². The lowest BCUT2D eigenvalue weighted by Crippen LogP contribution is -2.17. The Morgan fingerprint density at radius 2 is 1.03 bits per heavy atom. The summed E-state index contributed by atoms with van der Waals surface area (Å²) in [5.41, 5.74) is 2.40. The van der Waals surface area contributed by atoms with E-state index in [1.54, 1.807) is 0 Å². The Morgan fingerprint density at radius 1 is 0.656 bits per heavy atom. The Bertz CT molecular complexity index is 1060. The van der Waals surface area contributed by atoms with Crippen LogP contribution in [0.4, 0.5) is 24.5 Å². The van der Waals surface area contributed by atoms with Crippen molar-refractivity contribution in [2.24, 2.45) is 0 Å². The van der Waals surface area contributed by atoms with Crippen molar-refractivity contribution in [3.8, 4) is 11.1 Å². The van der Waals surface area contributed by atoms with Gasteiger partial charge in [-0.25, -0.2) is 0 Å². The average molecular weight is 444 g/mol. The van der Waals surface area contributed by atoms with Crippen LogP contribution in [0.1, 0.15) is 58.2 Å². The lowest BCUT2D eigenvalue weighted by atomic mass is 9.78. The Balaban J connectivity index is 2.05. The number of rotatable bonds is 3. The predicted octanol–water partition coefficient (Wildman–Crippen LogP) is 5.66. The molecular weight excluding hydrogens is 417 g/mol. The third-order valence-electron chi connectivity index (χ3n) is 5.94. The summed E-state index contributed by atoms with van der Waals surface area (Å²) in [6, 6.07) is 8.11. The van der Waals surface area contributed by atoms with E-state index in [1.807, 2.05) is 12.1 Å². The van der Waals surface area contributed by atoms with Gasteiger partial charge in [-0.1, -0.05) is 59.7 Å². The number of benzene rings is 2. The van der Waals surface area contributed by atoms with Gasteiger partial charge in [0.15, 0.2) is 0 Å². The first-order chi connectivity index (χ1) is 14.6. The van der Waals surface area contributed by atoms with Crippen molar-refractivity contribution < 1.29 is 22.8 Å². The number of carbonyl (C=O) groups is 2. The topological polar surface area (TPSA) is 40.2 Å². The largest absolute Gasteiger partial charge is 0.416 e. The molecule has 0 N–H and O–H groups in total. The van der Waals surface area contributed by atoms with Crippen molar-refractivity contribution >= 4 is 23.2 Å². The van der Waals surface area contributed by atoms with Crippen LogP contribution in [0.2, 0.25) is 0 Å². The SMILES string of the molecule is CC(C)(C)c1cc(-c2c(N3CC3=O)cc(C(F)(F)F)cc2N2CC2=O)cc(C(C)(C)C)c1. The monoisotopic (exact) mass is 444 g/mol. The highest BCUT2D eigenvalue weighted by Crippen LogP contribution is 2.48. The summed E-state index contributed by atoms with van der Waals surface area (Å²) >= 11 is 0. The van der Waals surface area contributed by atoms with Gasteiger partial charge in [-0.05, 0) is 39.7 Å². The minimum Gasteiger partial charge on any atom is -0.301 e. The zero-order valence-corrected chi connectivity index (χ0v) is 19.1. The summed E-state index contributed by atoms with van der Waals surface area (Å²) in [5.74, 6) is -0.478. The summed E-state index contributed by atoms with van der Waals surface area (Å²) in [7, 11) is 0. The van der Waals surface area contributed by atoms with Gasteiger partial charge >= 0.3 is 6.18 Å². The third-order valence-corrected chi connectivity index (χ3v) is 5.94. The number of amides is 2. The molecule has 2 saturated heterocycles. The smallest absolute Gasteiger partial charge is 0.301 e. The second kappa shape index (κ2) is 6.83. The van der Waals surface area contributed by atoms with Crippen molar-refractivity contribution in [2.75, 3.05) is 22.9 Å².